The molecule has 7 nitrogen and oxygen atoms in total. The molecule has 2 aromatic heterocycles. The van der Waals surface area contributed by atoms with E-state index in [1.165, 1.54) is 0 Å². The van der Waals surface area contributed by atoms with Crippen molar-refractivity contribution in [3.63, 3.8) is 0 Å². The monoisotopic (exact) mass is 429 g/mol. The van der Waals surface area contributed by atoms with Crippen LogP contribution in [0.15, 0.2) is 54.6 Å². The van der Waals surface area contributed by atoms with Crippen LogP contribution in [0.3, 0.4) is 0 Å². The lowest BCUT2D eigenvalue weighted by Gasteiger charge is -2.27. The Labute approximate surface area is 187 Å². The van der Waals surface area contributed by atoms with Gasteiger partial charge in [-0.2, -0.15) is 0 Å². The van der Waals surface area contributed by atoms with Crippen LogP contribution in [0.4, 0.5) is 5.82 Å². The third kappa shape index (κ3) is 4.03. The summed E-state index contributed by atoms with van der Waals surface area (Å²) in [6, 6.07) is 17.9. The first-order chi connectivity index (χ1) is 15.7. The van der Waals surface area contributed by atoms with Crippen molar-refractivity contribution in [3.8, 4) is 0 Å². The quantitative estimate of drug-likeness (QED) is 0.471. The Morgan fingerprint density at radius 1 is 1.03 bits per heavy atom. The Kier molecular flexibility index (Phi) is 5.73. The van der Waals surface area contributed by atoms with Crippen LogP contribution in [0.1, 0.15) is 22.6 Å². The fourth-order valence-electron chi connectivity index (χ4n) is 4.31. The summed E-state index contributed by atoms with van der Waals surface area (Å²) in [4.78, 5) is 24.5. The molecule has 0 bridgehead atoms. The highest BCUT2D eigenvalue weighted by molar-refractivity contribution is 6.07. The molecule has 1 fully saturated rings. The minimum Gasteiger partial charge on any atom is -0.378 e. The van der Waals surface area contributed by atoms with E-state index in [4.69, 9.17) is 9.72 Å². The van der Waals surface area contributed by atoms with Gasteiger partial charge in [-0.05, 0) is 37.6 Å². The molecular weight excluding hydrogens is 402 g/mol. The number of pyridine rings is 1. The van der Waals surface area contributed by atoms with Crippen LogP contribution >= 0.6 is 0 Å². The number of aryl methyl sites for hydroxylation is 2. The van der Waals surface area contributed by atoms with E-state index in [1.807, 2.05) is 60.4 Å². The number of rotatable bonds is 6. The van der Waals surface area contributed by atoms with E-state index in [2.05, 4.69) is 20.9 Å². The standard InChI is InChI=1S/C25H27N5O2/c1-18-27-22-9-4-5-10-23(22)30(18)12-6-11-26-24-17-20(19-7-2-3-8-21(19)28-24)25(31)29-13-15-32-16-14-29/h2-5,7-10,17H,6,11-16H2,1H3,(H,26,28). The maximum atomic E-state index is 13.2. The summed E-state index contributed by atoms with van der Waals surface area (Å²) >= 11 is 0. The Hall–Kier alpha value is -3.45. The Morgan fingerprint density at radius 3 is 2.62 bits per heavy atom. The minimum atomic E-state index is 0.0375. The van der Waals surface area contributed by atoms with Crippen molar-refractivity contribution >= 4 is 33.7 Å². The van der Waals surface area contributed by atoms with Gasteiger partial charge in [0.25, 0.3) is 5.91 Å². The maximum Gasteiger partial charge on any atom is 0.254 e. The van der Waals surface area contributed by atoms with Gasteiger partial charge in [0.2, 0.25) is 0 Å². The highest BCUT2D eigenvalue weighted by Crippen LogP contribution is 2.23. The molecule has 0 saturated carbocycles. The van der Waals surface area contributed by atoms with Crippen LogP contribution in [0.5, 0.6) is 0 Å². The van der Waals surface area contributed by atoms with Gasteiger partial charge in [-0.15, -0.1) is 0 Å². The molecule has 3 heterocycles. The number of carbonyl (C=O) groups is 1. The molecule has 7 heteroatoms. The summed E-state index contributed by atoms with van der Waals surface area (Å²) in [7, 11) is 0. The summed E-state index contributed by atoms with van der Waals surface area (Å²) in [5, 5.41) is 4.31. The Morgan fingerprint density at radius 2 is 1.78 bits per heavy atom. The molecule has 0 unspecified atom stereocenters. The van der Waals surface area contributed by atoms with Crippen molar-refractivity contribution in [2.75, 3.05) is 38.2 Å². The molecule has 1 aliphatic rings. The van der Waals surface area contributed by atoms with Crippen LogP contribution in [-0.4, -0.2) is 58.2 Å². The molecule has 0 atom stereocenters. The second-order valence-corrected chi connectivity index (χ2v) is 8.06. The van der Waals surface area contributed by atoms with Gasteiger partial charge in [-0.25, -0.2) is 9.97 Å². The van der Waals surface area contributed by atoms with Crippen molar-refractivity contribution in [1.29, 1.82) is 0 Å². The number of hydrogen-bond donors (Lipinski definition) is 1. The lowest BCUT2D eigenvalue weighted by Crippen LogP contribution is -2.40. The van der Waals surface area contributed by atoms with Gasteiger partial charge in [0.05, 0.1) is 35.3 Å². The van der Waals surface area contributed by atoms with Crippen LogP contribution in [0.25, 0.3) is 21.9 Å². The number of fused-ring (bicyclic) bond motifs is 2. The zero-order valence-corrected chi connectivity index (χ0v) is 18.3. The van der Waals surface area contributed by atoms with Crippen molar-refractivity contribution in [2.45, 2.75) is 19.9 Å². The summed E-state index contributed by atoms with van der Waals surface area (Å²) < 4.78 is 7.65. The fraction of sp³-hybridized carbons (Fsp3) is 0.320. The molecule has 32 heavy (non-hydrogen) atoms. The fourth-order valence-corrected chi connectivity index (χ4v) is 4.31. The molecule has 5 rings (SSSR count). The Bertz CT molecular complexity index is 1260. The van der Waals surface area contributed by atoms with Crippen molar-refractivity contribution < 1.29 is 9.53 Å². The molecule has 0 radical (unpaired) electrons. The van der Waals surface area contributed by atoms with Gasteiger partial charge in [0.15, 0.2) is 0 Å². The van der Waals surface area contributed by atoms with Gasteiger partial charge in [0, 0.05) is 31.6 Å². The normalized spacial score (nSPS) is 14.2. The van der Waals surface area contributed by atoms with Gasteiger partial charge < -0.3 is 19.5 Å². The smallest absolute Gasteiger partial charge is 0.254 e. The second-order valence-electron chi connectivity index (χ2n) is 8.06. The van der Waals surface area contributed by atoms with E-state index in [0.717, 1.165) is 53.1 Å². The molecule has 1 amide bonds. The first kappa shape index (κ1) is 20.5. The molecule has 164 valence electrons. The molecule has 1 N–H and O–H groups in total. The SMILES string of the molecule is Cc1nc2ccccc2n1CCCNc1cc(C(=O)N2CCOCC2)c2ccccc2n1. The predicted molar refractivity (Wildman–Crippen MR) is 126 cm³/mol. The summed E-state index contributed by atoms with van der Waals surface area (Å²) in [6.45, 7) is 6.08. The zero-order valence-electron chi connectivity index (χ0n) is 18.3. The number of ether oxygens (including phenoxy) is 1. The van der Waals surface area contributed by atoms with Gasteiger partial charge in [0.1, 0.15) is 11.6 Å². The largest absolute Gasteiger partial charge is 0.378 e. The first-order valence-electron chi connectivity index (χ1n) is 11.1. The van der Waals surface area contributed by atoms with Gasteiger partial charge in [-0.3, -0.25) is 4.79 Å². The van der Waals surface area contributed by atoms with E-state index in [9.17, 15) is 4.79 Å². The van der Waals surface area contributed by atoms with E-state index < -0.39 is 0 Å². The van der Waals surface area contributed by atoms with Gasteiger partial charge in [-0.1, -0.05) is 30.3 Å². The van der Waals surface area contributed by atoms with Crippen LogP contribution in [0, 0.1) is 6.92 Å². The topological polar surface area (TPSA) is 72.3 Å². The Balaban J connectivity index is 1.32. The summed E-state index contributed by atoms with van der Waals surface area (Å²) in [5.74, 6) is 1.79. The molecule has 4 aromatic rings. The number of aromatic nitrogens is 3. The molecular formula is C25H27N5O2. The number of para-hydroxylation sites is 3. The lowest BCUT2D eigenvalue weighted by atomic mass is 10.1. The number of amides is 1. The van der Waals surface area contributed by atoms with Crippen molar-refractivity contribution in [2.24, 2.45) is 0 Å². The highest BCUT2D eigenvalue weighted by Gasteiger charge is 2.21. The minimum absolute atomic E-state index is 0.0375. The number of imidazole rings is 1. The van der Waals surface area contributed by atoms with E-state index in [1.54, 1.807) is 0 Å². The number of carbonyl (C=O) groups excluding carboxylic acids is 1. The zero-order chi connectivity index (χ0) is 21.9. The predicted octanol–water partition coefficient (Wildman–Crippen LogP) is 3.87. The number of nitrogens with zero attached hydrogens (tertiary/aromatic N) is 4. The van der Waals surface area contributed by atoms with E-state index in [0.29, 0.717) is 31.9 Å². The molecule has 1 aliphatic heterocycles. The average molecular weight is 430 g/mol. The van der Waals surface area contributed by atoms with E-state index >= 15 is 0 Å². The second kappa shape index (κ2) is 8.96. The number of anilines is 1. The summed E-state index contributed by atoms with van der Waals surface area (Å²) in [5.41, 5.74) is 3.70. The molecule has 2 aromatic carbocycles. The number of nitrogens with one attached hydrogen (secondary N) is 1. The number of benzene rings is 2. The lowest BCUT2D eigenvalue weighted by molar-refractivity contribution is 0.0304. The van der Waals surface area contributed by atoms with Crippen LogP contribution < -0.4 is 5.32 Å². The maximum absolute atomic E-state index is 13.2. The molecule has 0 aliphatic carbocycles. The molecule has 0 spiro atoms. The van der Waals surface area contributed by atoms with Crippen molar-refractivity contribution in [1.82, 2.24) is 19.4 Å². The highest BCUT2D eigenvalue weighted by atomic mass is 16.5. The number of morpholine rings is 1. The summed E-state index contributed by atoms with van der Waals surface area (Å²) in [6.07, 6.45) is 0.919. The number of hydrogen-bond acceptors (Lipinski definition) is 5. The van der Waals surface area contributed by atoms with Crippen molar-refractivity contribution in [3.05, 3.63) is 66.0 Å². The first-order valence-corrected chi connectivity index (χ1v) is 11.1. The van der Waals surface area contributed by atoms with Crippen LogP contribution in [-0.2, 0) is 11.3 Å². The van der Waals surface area contributed by atoms with Gasteiger partial charge >= 0.3 is 0 Å². The van der Waals surface area contributed by atoms with E-state index in [-0.39, 0.29) is 5.91 Å². The third-order valence-corrected chi connectivity index (χ3v) is 5.95. The third-order valence-electron chi connectivity index (χ3n) is 5.95. The molecule has 1 saturated heterocycles. The van der Waals surface area contributed by atoms with Crippen LogP contribution in [0.2, 0.25) is 0 Å². The average Bonchev–Trinajstić information content (AvgIpc) is 3.16.